The lowest BCUT2D eigenvalue weighted by Gasteiger charge is -2.12. The number of urea groups is 1. The molecule has 0 radical (unpaired) electrons. The molecule has 0 heterocycles. The number of benzene rings is 1. The molecular formula is C12H17N3O3. The van der Waals surface area contributed by atoms with Crippen LogP contribution in [0, 0.1) is 0 Å². The van der Waals surface area contributed by atoms with Gasteiger partial charge in [0.25, 0.3) is 5.91 Å². The van der Waals surface area contributed by atoms with E-state index >= 15 is 0 Å². The summed E-state index contributed by atoms with van der Waals surface area (Å²) in [6, 6.07) is 6.55. The Bertz CT molecular complexity index is 434. The lowest BCUT2D eigenvalue weighted by atomic mass is 10.1. The van der Waals surface area contributed by atoms with Crippen LogP contribution in [0.1, 0.15) is 12.5 Å². The van der Waals surface area contributed by atoms with E-state index in [-0.39, 0.29) is 0 Å². The van der Waals surface area contributed by atoms with Crippen molar-refractivity contribution in [2.75, 3.05) is 12.3 Å². The van der Waals surface area contributed by atoms with Gasteiger partial charge in [0.15, 0.2) is 0 Å². The molecule has 6 heteroatoms. The Labute approximate surface area is 105 Å². The highest BCUT2D eigenvalue weighted by atomic mass is 16.5. The van der Waals surface area contributed by atoms with Crippen LogP contribution >= 0.6 is 0 Å². The van der Waals surface area contributed by atoms with Gasteiger partial charge in [0.05, 0.1) is 6.61 Å². The highest BCUT2D eigenvalue weighted by molar-refractivity contribution is 5.95. The second-order valence-corrected chi connectivity index (χ2v) is 3.82. The number of para-hydroxylation sites is 1. The molecule has 6 nitrogen and oxygen atoms in total. The molecule has 1 aromatic rings. The Morgan fingerprint density at radius 3 is 2.67 bits per heavy atom. The molecule has 98 valence electrons. The van der Waals surface area contributed by atoms with Crippen molar-refractivity contribution in [2.24, 2.45) is 5.73 Å². The Kier molecular flexibility index (Phi) is 5.13. The summed E-state index contributed by atoms with van der Waals surface area (Å²) in [5.74, 6) is -0.552. The van der Waals surface area contributed by atoms with Crippen LogP contribution < -0.4 is 16.8 Å². The van der Waals surface area contributed by atoms with E-state index in [1.54, 1.807) is 13.0 Å². The summed E-state index contributed by atoms with van der Waals surface area (Å²) in [7, 11) is 0. The molecule has 0 fully saturated rings. The van der Waals surface area contributed by atoms with Crippen LogP contribution in [0.2, 0.25) is 0 Å². The molecule has 0 aliphatic heterocycles. The minimum Gasteiger partial charge on any atom is -0.399 e. The standard InChI is InChI=1S/C12H17N3O3/c1-8(11(16)15-12(14)17)18-7-6-9-4-2-3-5-10(9)13/h2-5,8H,6-7,13H2,1H3,(H3,14,15,16,17). The van der Waals surface area contributed by atoms with Crippen molar-refractivity contribution in [3.63, 3.8) is 0 Å². The van der Waals surface area contributed by atoms with E-state index in [1.165, 1.54) is 0 Å². The topological polar surface area (TPSA) is 107 Å². The van der Waals surface area contributed by atoms with Crippen LogP contribution in [-0.4, -0.2) is 24.6 Å². The number of imide groups is 1. The predicted octanol–water partition coefficient (Wildman–Crippen LogP) is 0.411. The first-order valence-corrected chi connectivity index (χ1v) is 5.56. The third kappa shape index (κ3) is 4.42. The molecule has 1 unspecified atom stereocenters. The van der Waals surface area contributed by atoms with Gasteiger partial charge in [-0.15, -0.1) is 0 Å². The number of hydrogen-bond donors (Lipinski definition) is 3. The molecule has 0 aliphatic rings. The maximum Gasteiger partial charge on any atom is 0.318 e. The average Bonchev–Trinajstić information content (AvgIpc) is 2.30. The average molecular weight is 251 g/mol. The van der Waals surface area contributed by atoms with Crippen molar-refractivity contribution in [3.8, 4) is 0 Å². The van der Waals surface area contributed by atoms with Crippen LogP contribution in [0.25, 0.3) is 0 Å². The van der Waals surface area contributed by atoms with Crippen molar-refractivity contribution in [2.45, 2.75) is 19.4 Å². The van der Waals surface area contributed by atoms with Gasteiger partial charge in [0, 0.05) is 5.69 Å². The van der Waals surface area contributed by atoms with Crippen molar-refractivity contribution >= 4 is 17.6 Å². The summed E-state index contributed by atoms with van der Waals surface area (Å²) in [5.41, 5.74) is 12.2. The number of ether oxygens (including phenoxy) is 1. The summed E-state index contributed by atoms with van der Waals surface area (Å²) in [5, 5.41) is 1.95. The molecule has 0 aliphatic carbocycles. The summed E-state index contributed by atoms with van der Waals surface area (Å²) in [6.45, 7) is 1.88. The van der Waals surface area contributed by atoms with Gasteiger partial charge in [-0.25, -0.2) is 4.79 Å². The molecular weight excluding hydrogens is 234 g/mol. The summed E-state index contributed by atoms with van der Waals surface area (Å²) in [6.07, 6.45) is -0.136. The van der Waals surface area contributed by atoms with Crippen molar-refractivity contribution in [3.05, 3.63) is 29.8 Å². The first-order valence-electron chi connectivity index (χ1n) is 5.56. The van der Waals surface area contributed by atoms with Gasteiger partial charge in [-0.1, -0.05) is 18.2 Å². The summed E-state index contributed by atoms with van der Waals surface area (Å²) >= 11 is 0. The van der Waals surface area contributed by atoms with Gasteiger partial charge in [0.2, 0.25) is 0 Å². The van der Waals surface area contributed by atoms with Gasteiger partial charge in [-0.3, -0.25) is 10.1 Å². The molecule has 0 aromatic heterocycles. The van der Waals surface area contributed by atoms with Crippen molar-refractivity contribution in [1.82, 2.24) is 5.32 Å². The number of carbonyl (C=O) groups excluding carboxylic acids is 2. The molecule has 1 atom stereocenters. The second-order valence-electron chi connectivity index (χ2n) is 3.82. The number of primary amides is 1. The number of hydrogen-bond acceptors (Lipinski definition) is 4. The third-order valence-electron chi connectivity index (χ3n) is 2.41. The molecule has 1 rings (SSSR count). The Morgan fingerprint density at radius 1 is 1.39 bits per heavy atom. The number of nitrogen functional groups attached to an aromatic ring is 1. The SMILES string of the molecule is CC(OCCc1ccccc1N)C(=O)NC(N)=O. The zero-order valence-corrected chi connectivity index (χ0v) is 10.2. The minimum absolute atomic E-state index is 0.335. The largest absolute Gasteiger partial charge is 0.399 e. The lowest BCUT2D eigenvalue weighted by molar-refractivity contribution is -0.130. The highest BCUT2D eigenvalue weighted by Crippen LogP contribution is 2.11. The Hall–Kier alpha value is -2.08. The predicted molar refractivity (Wildman–Crippen MR) is 67.7 cm³/mol. The summed E-state index contributed by atoms with van der Waals surface area (Å²) in [4.78, 5) is 21.8. The van der Waals surface area contributed by atoms with Crippen LogP contribution in [0.4, 0.5) is 10.5 Å². The quantitative estimate of drug-likeness (QED) is 0.659. The van der Waals surface area contributed by atoms with Crippen LogP contribution in [-0.2, 0) is 16.0 Å². The maximum absolute atomic E-state index is 11.3. The molecule has 18 heavy (non-hydrogen) atoms. The smallest absolute Gasteiger partial charge is 0.318 e. The number of anilines is 1. The number of amides is 3. The van der Waals surface area contributed by atoms with Gasteiger partial charge in [-0.2, -0.15) is 0 Å². The highest BCUT2D eigenvalue weighted by Gasteiger charge is 2.14. The van der Waals surface area contributed by atoms with Crippen molar-refractivity contribution < 1.29 is 14.3 Å². The van der Waals surface area contributed by atoms with E-state index in [1.807, 2.05) is 23.5 Å². The van der Waals surface area contributed by atoms with Gasteiger partial charge < -0.3 is 16.2 Å². The fourth-order valence-corrected chi connectivity index (χ4v) is 1.41. The Balaban J connectivity index is 2.36. The number of nitrogens with two attached hydrogens (primary N) is 2. The fourth-order valence-electron chi connectivity index (χ4n) is 1.41. The van der Waals surface area contributed by atoms with E-state index in [0.717, 1.165) is 5.56 Å². The van der Waals surface area contributed by atoms with Crippen LogP contribution in [0.5, 0.6) is 0 Å². The van der Waals surface area contributed by atoms with Crippen molar-refractivity contribution in [1.29, 1.82) is 0 Å². The monoisotopic (exact) mass is 251 g/mol. The molecule has 3 amide bonds. The molecule has 0 saturated carbocycles. The van der Waals surface area contributed by atoms with Gasteiger partial charge in [0.1, 0.15) is 6.10 Å². The van der Waals surface area contributed by atoms with Gasteiger partial charge >= 0.3 is 6.03 Å². The van der Waals surface area contributed by atoms with Crippen LogP contribution in [0.3, 0.4) is 0 Å². The molecule has 0 bridgehead atoms. The zero-order valence-electron chi connectivity index (χ0n) is 10.2. The van der Waals surface area contributed by atoms with E-state index in [9.17, 15) is 9.59 Å². The minimum atomic E-state index is -0.886. The van der Waals surface area contributed by atoms with E-state index in [4.69, 9.17) is 16.2 Å². The second kappa shape index (κ2) is 6.61. The zero-order chi connectivity index (χ0) is 13.5. The fraction of sp³-hybridized carbons (Fsp3) is 0.333. The normalized spacial score (nSPS) is 11.8. The Morgan fingerprint density at radius 2 is 2.06 bits per heavy atom. The lowest BCUT2D eigenvalue weighted by Crippen LogP contribution is -2.41. The third-order valence-corrected chi connectivity index (χ3v) is 2.41. The van der Waals surface area contributed by atoms with E-state index < -0.39 is 18.0 Å². The molecule has 1 aromatic carbocycles. The van der Waals surface area contributed by atoms with Crippen LogP contribution in [0.15, 0.2) is 24.3 Å². The molecule has 0 spiro atoms. The molecule has 0 saturated heterocycles. The molecule has 5 N–H and O–H groups in total. The van der Waals surface area contributed by atoms with E-state index in [2.05, 4.69) is 0 Å². The number of carbonyl (C=O) groups is 2. The first kappa shape index (κ1) is 14.0. The number of nitrogens with one attached hydrogen (secondary N) is 1. The number of rotatable bonds is 5. The van der Waals surface area contributed by atoms with Gasteiger partial charge in [-0.05, 0) is 25.0 Å². The summed E-state index contributed by atoms with van der Waals surface area (Å²) < 4.78 is 5.29. The maximum atomic E-state index is 11.3. The first-order chi connectivity index (χ1) is 8.50. The van der Waals surface area contributed by atoms with E-state index in [0.29, 0.717) is 18.7 Å².